The minimum atomic E-state index is -1.60. The van der Waals surface area contributed by atoms with Crippen molar-refractivity contribution in [1.29, 1.82) is 0 Å². The van der Waals surface area contributed by atoms with E-state index in [1.807, 2.05) is 11.0 Å². The van der Waals surface area contributed by atoms with E-state index in [2.05, 4.69) is 20.3 Å². The second kappa shape index (κ2) is 11.4. The van der Waals surface area contributed by atoms with Gasteiger partial charge in [-0.2, -0.15) is 0 Å². The molecular weight excluding hydrogens is 567 g/mol. The summed E-state index contributed by atoms with van der Waals surface area (Å²) in [5, 5.41) is 3.11. The largest absolute Gasteiger partial charge is 0.444 e. The third kappa shape index (κ3) is 6.28. The third-order valence-corrected chi connectivity index (χ3v) is 7.77. The number of benzene rings is 2. The van der Waals surface area contributed by atoms with Crippen LogP contribution in [-0.2, 0) is 15.5 Å². The van der Waals surface area contributed by atoms with Crippen molar-refractivity contribution in [3.05, 3.63) is 59.5 Å². The Hall–Kier alpha value is -3.93. The number of piperidine rings is 1. The minimum absolute atomic E-state index is 0.0718. The summed E-state index contributed by atoms with van der Waals surface area (Å²) in [7, 11) is -1.60. The lowest BCUT2D eigenvalue weighted by Crippen LogP contribution is -2.46. The second-order valence-electron chi connectivity index (χ2n) is 11.4. The van der Waals surface area contributed by atoms with E-state index in [-0.39, 0.29) is 27.9 Å². The first-order chi connectivity index (χ1) is 19.8. The second-order valence-corrected chi connectivity index (χ2v) is 12.7. The van der Waals surface area contributed by atoms with Crippen LogP contribution in [0.15, 0.2) is 41.6 Å². The third-order valence-electron chi connectivity index (χ3n) is 6.92. The number of ether oxygens (including phenoxy) is 1. The fourth-order valence-electron chi connectivity index (χ4n) is 5.23. The van der Waals surface area contributed by atoms with Gasteiger partial charge in [-0.25, -0.2) is 27.9 Å². The quantitative estimate of drug-likeness (QED) is 0.281. The number of H-pyrrole nitrogens is 1. The molecule has 1 amide bonds. The number of fused-ring (bicyclic) bond motifs is 1. The zero-order valence-electron chi connectivity index (χ0n) is 24.0. The Morgan fingerprint density at radius 3 is 2.43 bits per heavy atom. The number of alkyl carbamates (subject to hydrolysis) is 1. The zero-order chi connectivity index (χ0) is 30.3. The van der Waals surface area contributed by atoms with Gasteiger partial charge in [0.05, 0.1) is 27.6 Å². The van der Waals surface area contributed by atoms with Crippen molar-refractivity contribution in [2.24, 2.45) is 0 Å². The molecule has 3 heterocycles. The molecule has 2 N–H and O–H groups in total. The topological polar surface area (TPSA) is 100 Å². The summed E-state index contributed by atoms with van der Waals surface area (Å²) in [4.78, 5) is 26.3. The van der Waals surface area contributed by atoms with Gasteiger partial charge >= 0.3 is 6.09 Å². The van der Waals surface area contributed by atoms with Crippen LogP contribution in [0.1, 0.15) is 39.2 Å². The van der Waals surface area contributed by atoms with E-state index < -0.39 is 39.9 Å². The average molecular weight is 600 g/mol. The van der Waals surface area contributed by atoms with E-state index in [0.717, 1.165) is 12.1 Å². The molecule has 5 rings (SSSR count). The van der Waals surface area contributed by atoms with Crippen molar-refractivity contribution in [3.63, 3.8) is 0 Å². The molecule has 1 unspecified atom stereocenters. The van der Waals surface area contributed by atoms with E-state index in [0.29, 0.717) is 53.9 Å². The summed E-state index contributed by atoms with van der Waals surface area (Å²) in [6, 6.07) is 6.36. The molecule has 2 aromatic heterocycles. The summed E-state index contributed by atoms with van der Waals surface area (Å²) in [6.07, 6.45) is 3.65. The smallest absolute Gasteiger partial charge is 0.407 e. The molecule has 0 spiro atoms. The van der Waals surface area contributed by atoms with Crippen LogP contribution in [0.2, 0.25) is 0 Å². The van der Waals surface area contributed by atoms with Gasteiger partial charge in [0.25, 0.3) is 0 Å². The molecule has 0 radical (unpaired) electrons. The van der Waals surface area contributed by atoms with Gasteiger partial charge in [0.2, 0.25) is 0 Å². The van der Waals surface area contributed by atoms with E-state index in [9.17, 15) is 22.2 Å². The molecule has 8 nitrogen and oxygen atoms in total. The Morgan fingerprint density at radius 2 is 1.79 bits per heavy atom. The maximum atomic E-state index is 14.7. The van der Waals surface area contributed by atoms with Crippen molar-refractivity contribution in [1.82, 2.24) is 20.3 Å². The Morgan fingerprint density at radius 1 is 1.10 bits per heavy atom. The highest BCUT2D eigenvalue weighted by Crippen LogP contribution is 2.43. The molecule has 12 heteroatoms. The Labute approximate surface area is 244 Å². The number of pyridine rings is 1. The number of aryl methyl sites for hydroxylation is 1. The van der Waals surface area contributed by atoms with E-state index in [1.54, 1.807) is 33.9 Å². The highest BCUT2D eigenvalue weighted by molar-refractivity contribution is 7.84. The fraction of sp³-hybridized carbons (Fsp3) is 0.367. The lowest BCUT2D eigenvalue weighted by Gasteiger charge is -2.36. The number of aromatic amines is 1. The number of aromatic nitrogens is 3. The van der Waals surface area contributed by atoms with Gasteiger partial charge in [-0.15, -0.1) is 0 Å². The number of hydrogen-bond donors (Lipinski definition) is 2. The summed E-state index contributed by atoms with van der Waals surface area (Å²) in [5.41, 5.74) is 2.17. The number of carbonyl (C=O) groups is 1. The number of rotatable bonds is 5. The first-order valence-corrected chi connectivity index (χ1v) is 15.1. The molecule has 222 valence electrons. The summed E-state index contributed by atoms with van der Waals surface area (Å²) in [5.74, 6) is -1.88. The molecule has 2 aromatic carbocycles. The van der Waals surface area contributed by atoms with Crippen LogP contribution in [0.3, 0.4) is 0 Å². The molecule has 1 fully saturated rings. The number of hydrogen-bond acceptors (Lipinski definition) is 6. The van der Waals surface area contributed by atoms with Crippen molar-refractivity contribution < 1.29 is 26.9 Å². The monoisotopic (exact) mass is 599 g/mol. The highest BCUT2D eigenvalue weighted by atomic mass is 32.2. The standard InChI is InChI=1S/C30H32F3N5O3S/c1-16-10-17(12-18(31)11-16)21-15-34-28(42(5)40)24(27-36-23-14-19(32)13-22(33)25(23)37-27)26(21)38-8-6-20(7-9-38)35-29(39)41-30(2,3)4/h10-15,20H,6-9H2,1-5H3,(H,35,39)(H,36,37). The highest BCUT2D eigenvalue weighted by Gasteiger charge is 2.30. The summed E-state index contributed by atoms with van der Waals surface area (Å²) >= 11 is 0. The minimum Gasteiger partial charge on any atom is -0.444 e. The first kappa shape index (κ1) is 29.6. The Balaban J connectivity index is 1.63. The van der Waals surface area contributed by atoms with Gasteiger partial charge in [0, 0.05) is 43.2 Å². The van der Waals surface area contributed by atoms with Crippen LogP contribution in [0.4, 0.5) is 23.7 Å². The molecule has 42 heavy (non-hydrogen) atoms. The average Bonchev–Trinajstić information content (AvgIpc) is 3.30. The molecular formula is C30H32F3N5O3S. The summed E-state index contributed by atoms with van der Waals surface area (Å²) in [6.45, 7) is 8.10. The molecule has 0 aliphatic carbocycles. The molecule has 0 bridgehead atoms. The van der Waals surface area contributed by atoms with E-state index in [1.165, 1.54) is 18.4 Å². The molecule has 1 atom stereocenters. The van der Waals surface area contributed by atoms with Crippen LogP contribution in [-0.4, -0.2) is 56.2 Å². The lowest BCUT2D eigenvalue weighted by atomic mass is 9.97. The van der Waals surface area contributed by atoms with Gasteiger partial charge in [-0.3, -0.25) is 4.21 Å². The van der Waals surface area contributed by atoms with Crippen LogP contribution in [0.5, 0.6) is 0 Å². The van der Waals surface area contributed by atoms with Gasteiger partial charge in [-0.05, 0) is 69.9 Å². The van der Waals surface area contributed by atoms with Crippen molar-refractivity contribution in [2.45, 2.75) is 57.2 Å². The van der Waals surface area contributed by atoms with Crippen LogP contribution in [0.25, 0.3) is 33.5 Å². The Kier molecular flexibility index (Phi) is 8.02. The maximum absolute atomic E-state index is 14.7. The maximum Gasteiger partial charge on any atom is 0.407 e. The van der Waals surface area contributed by atoms with Crippen LogP contribution >= 0.6 is 0 Å². The number of carbonyl (C=O) groups excluding carboxylic acids is 1. The molecule has 1 aliphatic rings. The summed E-state index contributed by atoms with van der Waals surface area (Å²) < 4.78 is 61.7. The van der Waals surface area contributed by atoms with Crippen LogP contribution in [0, 0.1) is 24.4 Å². The van der Waals surface area contributed by atoms with Crippen molar-refractivity contribution in [3.8, 4) is 22.5 Å². The van der Waals surface area contributed by atoms with Gasteiger partial charge in [-0.1, -0.05) is 6.07 Å². The van der Waals surface area contributed by atoms with Gasteiger partial charge in [0.15, 0.2) is 5.82 Å². The zero-order valence-corrected chi connectivity index (χ0v) is 24.8. The van der Waals surface area contributed by atoms with Gasteiger partial charge in [0.1, 0.15) is 33.6 Å². The predicted octanol–water partition coefficient (Wildman–Crippen LogP) is 6.25. The fourth-order valence-corrected chi connectivity index (χ4v) is 5.91. The van der Waals surface area contributed by atoms with Crippen molar-refractivity contribution >= 4 is 33.6 Å². The Bertz CT molecular complexity index is 1670. The number of nitrogens with one attached hydrogen (secondary N) is 2. The van der Waals surface area contributed by atoms with E-state index >= 15 is 0 Å². The molecule has 0 saturated carbocycles. The van der Waals surface area contributed by atoms with Crippen LogP contribution < -0.4 is 10.2 Å². The lowest BCUT2D eigenvalue weighted by molar-refractivity contribution is 0.0497. The number of halogens is 3. The molecule has 4 aromatic rings. The normalized spacial score (nSPS) is 15.2. The molecule has 1 aliphatic heterocycles. The van der Waals surface area contributed by atoms with E-state index in [4.69, 9.17) is 4.74 Å². The first-order valence-electron chi connectivity index (χ1n) is 13.5. The van der Waals surface area contributed by atoms with Crippen molar-refractivity contribution in [2.75, 3.05) is 24.2 Å². The van der Waals surface area contributed by atoms with Gasteiger partial charge < -0.3 is 19.9 Å². The number of anilines is 1. The number of imidazole rings is 1. The molecule has 1 saturated heterocycles. The predicted molar refractivity (Wildman–Crippen MR) is 156 cm³/mol. The SMILES string of the molecule is Cc1cc(F)cc(-c2cnc(S(C)=O)c(-c3nc4c(F)cc(F)cc4[nH]3)c2N2CCC(NC(=O)OC(C)(C)C)CC2)c1. The number of amides is 1. The number of nitrogens with zero attached hydrogens (tertiary/aromatic N) is 3.